The molecular weight excluding hydrogens is 302 g/mol. The van der Waals surface area contributed by atoms with E-state index >= 15 is 0 Å². The quantitative estimate of drug-likeness (QED) is 0.888. The average Bonchev–Trinajstić information content (AvgIpc) is 2.42. The number of aromatic nitrogens is 2. The molecule has 19 heavy (non-hydrogen) atoms. The van der Waals surface area contributed by atoms with E-state index in [0.717, 1.165) is 21.3 Å². The Kier molecular flexibility index (Phi) is 3.69. The van der Waals surface area contributed by atoms with Crippen LogP contribution in [-0.2, 0) is 0 Å². The van der Waals surface area contributed by atoms with Crippen LogP contribution in [0.4, 0.5) is 5.95 Å². The van der Waals surface area contributed by atoms with Gasteiger partial charge < -0.3 is 5.32 Å². The summed E-state index contributed by atoms with van der Waals surface area (Å²) in [4.78, 5) is 9.06. The van der Waals surface area contributed by atoms with Crippen molar-refractivity contribution in [2.24, 2.45) is 0 Å². The van der Waals surface area contributed by atoms with Gasteiger partial charge >= 0.3 is 0 Å². The Bertz CT molecular complexity index is 591. The second-order valence-corrected chi connectivity index (χ2v) is 6.19. The molecule has 3 nitrogen and oxygen atoms in total. The highest BCUT2D eigenvalue weighted by molar-refractivity contribution is 9.10. The molecule has 3 rings (SSSR count). The van der Waals surface area contributed by atoms with E-state index in [9.17, 15) is 0 Å². The molecule has 0 saturated heterocycles. The fraction of sp³-hybridized carbons (Fsp3) is 0.467. The number of nitrogens with zero attached hydrogens (tertiary/aromatic N) is 2. The van der Waals surface area contributed by atoms with Gasteiger partial charge in [0.15, 0.2) is 0 Å². The summed E-state index contributed by atoms with van der Waals surface area (Å²) < 4.78 is 1.11. The van der Waals surface area contributed by atoms with Gasteiger partial charge in [0.25, 0.3) is 0 Å². The van der Waals surface area contributed by atoms with E-state index in [1.54, 1.807) is 0 Å². The van der Waals surface area contributed by atoms with Crippen LogP contribution in [0.15, 0.2) is 22.8 Å². The van der Waals surface area contributed by atoms with E-state index in [1.165, 1.54) is 37.7 Å². The van der Waals surface area contributed by atoms with Crippen LogP contribution in [0.1, 0.15) is 37.7 Å². The number of benzene rings is 1. The van der Waals surface area contributed by atoms with Crippen LogP contribution in [0.5, 0.6) is 0 Å². The molecule has 0 amide bonds. The minimum absolute atomic E-state index is 0.544. The summed E-state index contributed by atoms with van der Waals surface area (Å²) in [6.07, 6.45) is 8.37. The molecule has 1 aliphatic rings. The largest absolute Gasteiger partial charge is 0.351 e. The number of hydrogen-bond donors (Lipinski definition) is 1. The van der Waals surface area contributed by atoms with Gasteiger partial charge in [-0.05, 0) is 37.5 Å². The molecule has 1 heterocycles. The molecule has 0 radical (unpaired) electrons. The molecule has 1 fully saturated rings. The van der Waals surface area contributed by atoms with Gasteiger partial charge in [0.1, 0.15) is 0 Å². The molecule has 1 saturated carbocycles. The third-order valence-corrected chi connectivity index (χ3v) is 4.65. The fourth-order valence-electron chi connectivity index (χ4n) is 2.65. The molecule has 1 aromatic heterocycles. The third kappa shape index (κ3) is 2.89. The molecule has 1 aliphatic carbocycles. The van der Waals surface area contributed by atoms with Crippen molar-refractivity contribution in [3.05, 3.63) is 28.4 Å². The zero-order valence-corrected chi connectivity index (χ0v) is 12.7. The lowest BCUT2D eigenvalue weighted by Gasteiger charge is -2.22. The Morgan fingerprint density at radius 3 is 2.79 bits per heavy atom. The fourth-order valence-corrected chi connectivity index (χ4v) is 3.02. The summed E-state index contributed by atoms with van der Waals surface area (Å²) >= 11 is 3.54. The number of aryl methyl sites for hydroxylation is 1. The Morgan fingerprint density at radius 2 is 2.00 bits per heavy atom. The highest BCUT2D eigenvalue weighted by atomic mass is 79.9. The lowest BCUT2D eigenvalue weighted by atomic mass is 9.96. The predicted molar refractivity (Wildman–Crippen MR) is 82.5 cm³/mol. The third-order valence-electron chi connectivity index (χ3n) is 3.80. The summed E-state index contributed by atoms with van der Waals surface area (Å²) in [5.41, 5.74) is 2.21. The second-order valence-electron chi connectivity index (χ2n) is 5.33. The smallest absolute Gasteiger partial charge is 0.223 e. The normalized spacial score (nSPS) is 16.7. The number of fused-ring (bicyclic) bond motifs is 1. The summed E-state index contributed by atoms with van der Waals surface area (Å²) in [5, 5.41) is 4.55. The van der Waals surface area contributed by atoms with Crippen molar-refractivity contribution in [1.82, 2.24) is 9.97 Å². The van der Waals surface area contributed by atoms with E-state index in [-0.39, 0.29) is 0 Å². The monoisotopic (exact) mass is 319 g/mol. The van der Waals surface area contributed by atoms with E-state index < -0.39 is 0 Å². The molecule has 0 atom stereocenters. The van der Waals surface area contributed by atoms with Crippen LogP contribution >= 0.6 is 15.9 Å². The zero-order chi connectivity index (χ0) is 13.2. The first kappa shape index (κ1) is 12.9. The van der Waals surface area contributed by atoms with Crippen molar-refractivity contribution in [2.45, 2.75) is 45.1 Å². The van der Waals surface area contributed by atoms with Crippen molar-refractivity contribution in [3.8, 4) is 0 Å². The topological polar surface area (TPSA) is 37.8 Å². The predicted octanol–water partition coefficient (Wildman–Crippen LogP) is 4.45. The van der Waals surface area contributed by atoms with E-state index in [1.807, 2.05) is 6.20 Å². The molecule has 100 valence electrons. The van der Waals surface area contributed by atoms with Crippen LogP contribution in [0, 0.1) is 6.92 Å². The van der Waals surface area contributed by atoms with Crippen LogP contribution in [0.25, 0.3) is 10.9 Å². The molecular formula is C15H18BrN3. The summed E-state index contributed by atoms with van der Waals surface area (Å²) in [5.74, 6) is 0.765. The van der Waals surface area contributed by atoms with Gasteiger partial charge in [0.05, 0.1) is 5.52 Å². The first-order valence-corrected chi connectivity index (χ1v) is 7.71. The number of hydrogen-bond acceptors (Lipinski definition) is 3. The summed E-state index contributed by atoms with van der Waals surface area (Å²) in [6, 6.07) is 4.73. The summed E-state index contributed by atoms with van der Waals surface area (Å²) in [6.45, 7) is 2.08. The lowest BCUT2D eigenvalue weighted by molar-refractivity contribution is 0.461. The molecule has 0 spiro atoms. The summed E-state index contributed by atoms with van der Waals surface area (Å²) in [7, 11) is 0. The zero-order valence-electron chi connectivity index (χ0n) is 11.1. The standard InChI is InChI=1S/C15H18BrN3/c1-10-7-14-11(8-13(10)16)9-17-15(19-14)18-12-5-3-2-4-6-12/h7-9,12H,2-6H2,1H3,(H,17,18,19). The molecule has 0 unspecified atom stereocenters. The number of anilines is 1. The van der Waals surface area contributed by atoms with Crippen LogP contribution in [0.3, 0.4) is 0 Å². The number of halogens is 1. The molecule has 1 N–H and O–H groups in total. The maximum Gasteiger partial charge on any atom is 0.223 e. The SMILES string of the molecule is Cc1cc2nc(NC3CCCCC3)ncc2cc1Br. The minimum atomic E-state index is 0.544. The Hall–Kier alpha value is -1.16. The van der Waals surface area contributed by atoms with Gasteiger partial charge in [-0.1, -0.05) is 35.2 Å². The Balaban J connectivity index is 1.86. The molecule has 2 aromatic rings. The van der Waals surface area contributed by atoms with Crippen molar-refractivity contribution in [3.63, 3.8) is 0 Å². The number of rotatable bonds is 2. The van der Waals surface area contributed by atoms with Crippen molar-refractivity contribution in [2.75, 3.05) is 5.32 Å². The maximum absolute atomic E-state index is 4.63. The Morgan fingerprint density at radius 1 is 1.21 bits per heavy atom. The second kappa shape index (κ2) is 5.45. The minimum Gasteiger partial charge on any atom is -0.351 e. The first-order valence-electron chi connectivity index (χ1n) is 6.92. The Labute approximate surface area is 122 Å². The highest BCUT2D eigenvalue weighted by Crippen LogP contribution is 2.24. The van der Waals surface area contributed by atoms with E-state index in [0.29, 0.717) is 6.04 Å². The van der Waals surface area contributed by atoms with Gasteiger partial charge in [0, 0.05) is 22.1 Å². The van der Waals surface area contributed by atoms with Gasteiger partial charge in [-0.25, -0.2) is 9.97 Å². The maximum atomic E-state index is 4.63. The van der Waals surface area contributed by atoms with Gasteiger partial charge in [-0.3, -0.25) is 0 Å². The van der Waals surface area contributed by atoms with Gasteiger partial charge in [-0.15, -0.1) is 0 Å². The first-order chi connectivity index (χ1) is 9.22. The van der Waals surface area contributed by atoms with Crippen LogP contribution < -0.4 is 5.32 Å². The van der Waals surface area contributed by atoms with Crippen LogP contribution in [-0.4, -0.2) is 16.0 Å². The van der Waals surface area contributed by atoms with E-state index in [2.05, 4.69) is 50.3 Å². The van der Waals surface area contributed by atoms with E-state index in [4.69, 9.17) is 0 Å². The molecule has 1 aromatic carbocycles. The number of nitrogens with one attached hydrogen (secondary N) is 1. The van der Waals surface area contributed by atoms with Gasteiger partial charge in [0.2, 0.25) is 5.95 Å². The van der Waals surface area contributed by atoms with Crippen molar-refractivity contribution < 1.29 is 0 Å². The molecule has 4 heteroatoms. The van der Waals surface area contributed by atoms with Crippen molar-refractivity contribution >= 4 is 32.8 Å². The average molecular weight is 320 g/mol. The lowest BCUT2D eigenvalue weighted by Crippen LogP contribution is -2.23. The highest BCUT2D eigenvalue weighted by Gasteiger charge is 2.14. The molecule has 0 bridgehead atoms. The molecule has 0 aliphatic heterocycles. The van der Waals surface area contributed by atoms with Gasteiger partial charge in [-0.2, -0.15) is 0 Å². The van der Waals surface area contributed by atoms with Crippen molar-refractivity contribution in [1.29, 1.82) is 0 Å². The van der Waals surface area contributed by atoms with Crippen LogP contribution in [0.2, 0.25) is 0 Å².